The third kappa shape index (κ3) is 4.93. The fraction of sp³-hybridized carbons (Fsp3) is 0.158. The topological polar surface area (TPSA) is 56.1 Å². The van der Waals surface area contributed by atoms with Crippen molar-refractivity contribution in [2.24, 2.45) is 0 Å². The molecule has 0 fully saturated rings. The number of halogens is 7. The van der Waals surface area contributed by atoms with Crippen molar-refractivity contribution in [2.75, 3.05) is 12.4 Å². The van der Waals surface area contributed by atoms with Crippen LogP contribution in [0.3, 0.4) is 0 Å². The van der Waals surface area contributed by atoms with E-state index in [9.17, 15) is 31.1 Å². The highest BCUT2D eigenvalue weighted by atomic mass is 35.5. The summed E-state index contributed by atoms with van der Waals surface area (Å²) in [6.45, 7) is 0. The van der Waals surface area contributed by atoms with E-state index in [-0.39, 0.29) is 33.4 Å². The molecule has 164 valence electrons. The number of nitrogens with zero attached hydrogens (tertiary/aromatic N) is 2. The highest BCUT2D eigenvalue weighted by Gasteiger charge is 2.42. The van der Waals surface area contributed by atoms with Crippen LogP contribution < -0.4 is 10.1 Å². The third-order valence-electron chi connectivity index (χ3n) is 4.07. The van der Waals surface area contributed by atoms with E-state index in [2.05, 4.69) is 10.4 Å². The van der Waals surface area contributed by atoms with Crippen molar-refractivity contribution in [3.8, 4) is 11.4 Å². The SMILES string of the molecule is COc1cc(Cl)ccc1C(=O)Nc1ccc(-n2nc(C(F)(F)F)cc2C(F)(F)F)cc1. The van der Waals surface area contributed by atoms with E-state index in [1.54, 1.807) is 0 Å². The van der Waals surface area contributed by atoms with Crippen LogP contribution in [0.5, 0.6) is 5.75 Å². The molecule has 0 aliphatic heterocycles. The number of carbonyl (C=O) groups is 1. The molecule has 31 heavy (non-hydrogen) atoms. The summed E-state index contributed by atoms with van der Waals surface area (Å²) < 4.78 is 83.2. The fourth-order valence-electron chi connectivity index (χ4n) is 2.66. The lowest BCUT2D eigenvalue weighted by atomic mass is 10.1. The summed E-state index contributed by atoms with van der Waals surface area (Å²) in [7, 11) is 1.34. The summed E-state index contributed by atoms with van der Waals surface area (Å²) in [6.07, 6.45) is -10.1. The van der Waals surface area contributed by atoms with Gasteiger partial charge < -0.3 is 10.1 Å². The molecule has 1 amide bonds. The molecule has 1 heterocycles. The zero-order valence-corrected chi connectivity index (χ0v) is 16.2. The molecule has 1 N–H and O–H groups in total. The molecule has 2 aromatic carbocycles. The Morgan fingerprint density at radius 2 is 1.65 bits per heavy atom. The normalized spacial score (nSPS) is 12.0. The van der Waals surface area contributed by atoms with Crippen LogP contribution in [0.4, 0.5) is 32.0 Å². The van der Waals surface area contributed by atoms with Crippen LogP contribution in [0, 0.1) is 0 Å². The molecular weight excluding hydrogens is 452 g/mol. The predicted molar refractivity (Wildman–Crippen MR) is 99.5 cm³/mol. The van der Waals surface area contributed by atoms with Gasteiger partial charge in [0.25, 0.3) is 5.91 Å². The maximum Gasteiger partial charge on any atom is 0.435 e. The number of ether oxygens (including phenoxy) is 1. The van der Waals surface area contributed by atoms with Gasteiger partial charge in [-0.3, -0.25) is 4.79 Å². The zero-order valence-electron chi connectivity index (χ0n) is 15.5. The molecule has 0 bridgehead atoms. The molecular formula is C19H12ClF6N3O2. The lowest BCUT2D eigenvalue weighted by Crippen LogP contribution is -2.14. The first kappa shape index (κ1) is 22.5. The van der Waals surface area contributed by atoms with E-state index in [1.807, 2.05) is 0 Å². The number of carbonyl (C=O) groups excluding carboxylic acids is 1. The molecule has 0 radical (unpaired) electrons. The van der Waals surface area contributed by atoms with Crippen molar-refractivity contribution in [1.82, 2.24) is 9.78 Å². The maximum absolute atomic E-state index is 13.2. The van der Waals surface area contributed by atoms with Crippen molar-refractivity contribution in [1.29, 1.82) is 0 Å². The van der Waals surface area contributed by atoms with E-state index in [0.717, 1.165) is 12.1 Å². The summed E-state index contributed by atoms with van der Waals surface area (Å²) >= 11 is 5.84. The Bertz CT molecular complexity index is 1110. The Morgan fingerprint density at radius 1 is 1.00 bits per heavy atom. The number of rotatable bonds is 4. The highest BCUT2D eigenvalue weighted by molar-refractivity contribution is 6.31. The van der Waals surface area contributed by atoms with Crippen molar-refractivity contribution in [3.05, 3.63) is 70.5 Å². The minimum atomic E-state index is -5.06. The van der Waals surface area contributed by atoms with E-state index in [4.69, 9.17) is 16.3 Å². The first-order chi connectivity index (χ1) is 14.4. The van der Waals surface area contributed by atoms with Gasteiger partial charge in [-0.05, 0) is 42.5 Å². The van der Waals surface area contributed by atoms with Gasteiger partial charge in [-0.2, -0.15) is 31.4 Å². The first-order valence-corrected chi connectivity index (χ1v) is 8.77. The van der Waals surface area contributed by atoms with Crippen LogP contribution in [0.15, 0.2) is 48.5 Å². The van der Waals surface area contributed by atoms with Crippen LogP contribution in [-0.2, 0) is 12.4 Å². The summed E-state index contributed by atoms with van der Waals surface area (Å²) in [5.41, 5.74) is -3.20. The second-order valence-corrected chi connectivity index (χ2v) is 6.60. The number of nitrogens with one attached hydrogen (secondary N) is 1. The molecule has 0 atom stereocenters. The number of hydrogen-bond donors (Lipinski definition) is 1. The number of methoxy groups -OCH3 is 1. The van der Waals surface area contributed by atoms with Crippen molar-refractivity contribution < 1.29 is 35.9 Å². The second kappa shape index (κ2) is 8.14. The van der Waals surface area contributed by atoms with Crippen LogP contribution in [-0.4, -0.2) is 22.8 Å². The van der Waals surface area contributed by atoms with Gasteiger partial charge in [0.05, 0.1) is 18.4 Å². The van der Waals surface area contributed by atoms with Crippen LogP contribution in [0.1, 0.15) is 21.7 Å². The van der Waals surface area contributed by atoms with Crippen LogP contribution >= 0.6 is 11.6 Å². The van der Waals surface area contributed by atoms with Gasteiger partial charge >= 0.3 is 12.4 Å². The fourth-order valence-corrected chi connectivity index (χ4v) is 2.82. The molecule has 0 aliphatic carbocycles. The second-order valence-electron chi connectivity index (χ2n) is 6.17. The van der Waals surface area contributed by atoms with Gasteiger partial charge in [-0.15, -0.1) is 0 Å². The standard InChI is InChI=1S/C19H12ClF6N3O2/c1-31-14-8-10(20)2-7-13(14)17(30)27-11-3-5-12(6-4-11)29-16(19(24,25)26)9-15(28-29)18(21,22)23/h2-9H,1H3,(H,27,30). The molecule has 0 unspecified atom stereocenters. The minimum Gasteiger partial charge on any atom is -0.496 e. The van der Waals surface area contributed by atoms with Gasteiger partial charge in [-0.1, -0.05) is 11.6 Å². The van der Waals surface area contributed by atoms with Crippen molar-refractivity contribution in [3.63, 3.8) is 0 Å². The molecule has 5 nitrogen and oxygen atoms in total. The quantitative estimate of drug-likeness (QED) is 0.496. The lowest BCUT2D eigenvalue weighted by molar-refractivity contribution is -0.143. The highest BCUT2D eigenvalue weighted by Crippen LogP contribution is 2.36. The number of alkyl halides is 6. The largest absolute Gasteiger partial charge is 0.496 e. The molecule has 0 aliphatic rings. The van der Waals surface area contributed by atoms with E-state index in [1.165, 1.54) is 37.4 Å². The van der Waals surface area contributed by atoms with Gasteiger partial charge in [-0.25, -0.2) is 4.68 Å². The monoisotopic (exact) mass is 463 g/mol. The Balaban J connectivity index is 1.89. The Labute approximate surface area is 176 Å². The molecule has 3 rings (SSSR count). The third-order valence-corrected chi connectivity index (χ3v) is 4.30. The Hall–Kier alpha value is -3.21. The average molecular weight is 464 g/mol. The number of anilines is 1. The molecule has 0 spiro atoms. The Morgan fingerprint density at radius 3 is 2.19 bits per heavy atom. The van der Waals surface area contributed by atoms with Crippen molar-refractivity contribution >= 4 is 23.2 Å². The molecule has 0 saturated carbocycles. The summed E-state index contributed by atoms with van der Waals surface area (Å²) in [5, 5.41) is 5.90. The predicted octanol–water partition coefficient (Wildman–Crippen LogP) is 5.82. The summed E-state index contributed by atoms with van der Waals surface area (Å²) in [4.78, 5) is 12.4. The molecule has 0 saturated heterocycles. The van der Waals surface area contributed by atoms with Gasteiger partial charge in [0.15, 0.2) is 5.69 Å². The van der Waals surface area contributed by atoms with Gasteiger partial charge in [0.2, 0.25) is 0 Å². The smallest absolute Gasteiger partial charge is 0.435 e. The van der Waals surface area contributed by atoms with Gasteiger partial charge in [0, 0.05) is 16.8 Å². The summed E-state index contributed by atoms with van der Waals surface area (Å²) in [6, 6.07) is 8.89. The number of amides is 1. The minimum absolute atomic E-state index is 0.0670. The zero-order chi connectivity index (χ0) is 23.0. The first-order valence-electron chi connectivity index (χ1n) is 8.40. The average Bonchev–Trinajstić information content (AvgIpc) is 3.15. The van der Waals surface area contributed by atoms with Crippen molar-refractivity contribution in [2.45, 2.75) is 12.4 Å². The van der Waals surface area contributed by atoms with Crippen LogP contribution in [0.2, 0.25) is 5.02 Å². The van der Waals surface area contributed by atoms with Gasteiger partial charge in [0.1, 0.15) is 11.4 Å². The molecule has 12 heteroatoms. The molecule has 3 aromatic rings. The van der Waals surface area contributed by atoms with E-state index >= 15 is 0 Å². The molecule has 1 aromatic heterocycles. The van der Waals surface area contributed by atoms with E-state index in [0.29, 0.717) is 5.02 Å². The number of aromatic nitrogens is 2. The number of hydrogen-bond acceptors (Lipinski definition) is 3. The lowest BCUT2D eigenvalue weighted by Gasteiger charge is -2.12. The summed E-state index contributed by atoms with van der Waals surface area (Å²) in [5.74, 6) is -0.386. The maximum atomic E-state index is 13.2. The van der Waals surface area contributed by atoms with Crippen LogP contribution in [0.25, 0.3) is 5.69 Å². The van der Waals surface area contributed by atoms with E-state index < -0.39 is 29.6 Å². The number of benzene rings is 2. The Kier molecular flexibility index (Phi) is 5.90.